The van der Waals surface area contributed by atoms with Crippen LogP contribution in [0.5, 0.6) is 0 Å². The van der Waals surface area contributed by atoms with Crippen molar-refractivity contribution in [2.45, 2.75) is 18.4 Å². The summed E-state index contributed by atoms with van der Waals surface area (Å²) in [5.74, 6) is -0.386. The van der Waals surface area contributed by atoms with Crippen molar-refractivity contribution in [2.24, 2.45) is 0 Å². The highest BCUT2D eigenvalue weighted by molar-refractivity contribution is 7.89. The van der Waals surface area contributed by atoms with Crippen LogP contribution in [0.15, 0.2) is 46.7 Å². The zero-order valence-corrected chi connectivity index (χ0v) is 14.7. The number of likely N-dealkylation sites (N-methyl/N-ethyl adjacent to an activating group) is 1. The van der Waals surface area contributed by atoms with Crippen molar-refractivity contribution in [3.05, 3.63) is 52.2 Å². The second-order valence-electron chi connectivity index (χ2n) is 4.90. The van der Waals surface area contributed by atoms with Gasteiger partial charge in [0.05, 0.1) is 23.5 Å². The molecule has 1 N–H and O–H groups in total. The first-order chi connectivity index (χ1) is 11.5. The second-order valence-corrected chi connectivity index (χ2v) is 7.83. The van der Waals surface area contributed by atoms with Crippen LogP contribution in [0.3, 0.4) is 0 Å². The largest absolute Gasteiger partial charge is 0.350 e. The number of hydrogen-bond acceptors (Lipinski definition) is 5. The minimum absolute atomic E-state index is 0.0648. The smallest absolute Gasteiger partial charge is 0.244 e. The Hall–Kier alpha value is -2.21. The van der Waals surface area contributed by atoms with Crippen molar-refractivity contribution in [3.63, 3.8) is 0 Å². The Bertz CT molecular complexity index is 840. The minimum atomic E-state index is -3.91. The van der Waals surface area contributed by atoms with Crippen molar-refractivity contribution in [1.82, 2.24) is 9.62 Å². The third kappa shape index (κ3) is 4.20. The van der Waals surface area contributed by atoms with Gasteiger partial charge in [0.25, 0.3) is 0 Å². The summed E-state index contributed by atoms with van der Waals surface area (Å²) < 4.78 is 26.5. The maximum absolute atomic E-state index is 12.7. The van der Waals surface area contributed by atoms with Gasteiger partial charge >= 0.3 is 0 Å². The van der Waals surface area contributed by atoms with Gasteiger partial charge in [-0.1, -0.05) is 25.1 Å². The molecule has 0 atom stereocenters. The average molecular weight is 363 g/mol. The van der Waals surface area contributed by atoms with Crippen LogP contribution in [0.2, 0.25) is 0 Å². The first-order valence-electron chi connectivity index (χ1n) is 7.27. The van der Waals surface area contributed by atoms with Gasteiger partial charge in [0, 0.05) is 11.4 Å². The van der Waals surface area contributed by atoms with Crippen molar-refractivity contribution >= 4 is 27.3 Å². The van der Waals surface area contributed by atoms with E-state index in [1.165, 1.54) is 23.5 Å². The summed E-state index contributed by atoms with van der Waals surface area (Å²) in [6.07, 6.45) is 0. The van der Waals surface area contributed by atoms with Gasteiger partial charge in [0.1, 0.15) is 6.07 Å². The van der Waals surface area contributed by atoms with Crippen LogP contribution in [0.1, 0.15) is 17.4 Å². The van der Waals surface area contributed by atoms with Gasteiger partial charge in [-0.2, -0.15) is 9.57 Å². The van der Waals surface area contributed by atoms with E-state index in [4.69, 9.17) is 5.26 Å². The maximum Gasteiger partial charge on any atom is 0.244 e. The SMILES string of the molecule is CCN(CC(=O)NCc1cccs1)S(=O)(=O)c1ccccc1C#N. The molecule has 0 radical (unpaired) electrons. The predicted molar refractivity (Wildman–Crippen MR) is 91.8 cm³/mol. The number of rotatable bonds is 7. The van der Waals surface area contributed by atoms with E-state index >= 15 is 0 Å². The van der Waals surface area contributed by atoms with Gasteiger partial charge in [0.15, 0.2) is 0 Å². The summed E-state index contributed by atoms with van der Waals surface area (Å²) >= 11 is 1.51. The lowest BCUT2D eigenvalue weighted by Crippen LogP contribution is -2.40. The fraction of sp³-hybridized carbons (Fsp3) is 0.250. The van der Waals surface area contributed by atoms with E-state index in [-0.39, 0.29) is 29.5 Å². The molecule has 8 heteroatoms. The molecule has 6 nitrogen and oxygen atoms in total. The van der Waals surface area contributed by atoms with Gasteiger partial charge in [-0.15, -0.1) is 11.3 Å². The molecule has 0 fully saturated rings. The molecule has 24 heavy (non-hydrogen) atoms. The number of nitrogens with one attached hydrogen (secondary N) is 1. The van der Waals surface area contributed by atoms with Crippen LogP contribution in [-0.2, 0) is 21.4 Å². The molecule has 0 unspecified atom stereocenters. The fourth-order valence-corrected chi connectivity index (χ4v) is 4.30. The normalized spacial score (nSPS) is 11.2. The van der Waals surface area contributed by atoms with E-state index in [2.05, 4.69) is 5.32 Å². The number of amides is 1. The molecule has 1 aromatic heterocycles. The highest BCUT2D eigenvalue weighted by atomic mass is 32.2. The topological polar surface area (TPSA) is 90.3 Å². The first-order valence-corrected chi connectivity index (χ1v) is 9.59. The van der Waals surface area contributed by atoms with Gasteiger partial charge in [-0.3, -0.25) is 4.79 Å². The van der Waals surface area contributed by atoms with E-state index in [1.807, 2.05) is 23.6 Å². The lowest BCUT2D eigenvalue weighted by Gasteiger charge is -2.20. The number of nitrogens with zero attached hydrogens (tertiary/aromatic N) is 2. The first kappa shape index (κ1) is 18.1. The van der Waals surface area contributed by atoms with Crippen LogP contribution in [0, 0.1) is 11.3 Å². The van der Waals surface area contributed by atoms with E-state index in [1.54, 1.807) is 19.1 Å². The number of carbonyl (C=O) groups is 1. The Morgan fingerprint density at radius 2 is 2.04 bits per heavy atom. The summed E-state index contributed by atoms with van der Waals surface area (Å²) in [6, 6.07) is 11.6. The Kier molecular flexibility index (Phi) is 6.09. The third-order valence-electron chi connectivity index (χ3n) is 3.34. The quantitative estimate of drug-likeness (QED) is 0.814. The zero-order chi connectivity index (χ0) is 17.6. The molecule has 0 bridgehead atoms. The molecular formula is C16H17N3O3S2. The molecule has 1 amide bonds. The van der Waals surface area contributed by atoms with Gasteiger partial charge in [-0.05, 0) is 23.6 Å². The van der Waals surface area contributed by atoms with Crippen LogP contribution < -0.4 is 5.32 Å². The molecule has 1 heterocycles. The van der Waals surface area contributed by atoms with E-state index < -0.39 is 10.0 Å². The monoisotopic (exact) mass is 363 g/mol. The number of carbonyl (C=O) groups excluding carboxylic acids is 1. The molecule has 2 rings (SSSR count). The molecule has 0 saturated heterocycles. The van der Waals surface area contributed by atoms with Gasteiger partial charge in [-0.25, -0.2) is 8.42 Å². The van der Waals surface area contributed by atoms with E-state index in [0.29, 0.717) is 6.54 Å². The highest BCUT2D eigenvalue weighted by Crippen LogP contribution is 2.19. The maximum atomic E-state index is 12.7. The number of nitriles is 1. The zero-order valence-electron chi connectivity index (χ0n) is 13.1. The molecule has 126 valence electrons. The van der Waals surface area contributed by atoms with Gasteiger partial charge < -0.3 is 5.32 Å². The average Bonchev–Trinajstić information content (AvgIpc) is 3.11. The lowest BCUT2D eigenvalue weighted by atomic mass is 10.2. The Labute approximate surface area is 145 Å². The van der Waals surface area contributed by atoms with Crippen molar-refractivity contribution in [3.8, 4) is 6.07 Å². The summed E-state index contributed by atoms with van der Waals surface area (Å²) in [4.78, 5) is 13.0. The molecule has 0 aliphatic heterocycles. The third-order valence-corrected chi connectivity index (χ3v) is 6.19. The van der Waals surface area contributed by atoms with Crippen LogP contribution >= 0.6 is 11.3 Å². The minimum Gasteiger partial charge on any atom is -0.350 e. The molecule has 2 aromatic rings. The predicted octanol–water partition coefficient (Wildman–Crippen LogP) is 1.95. The number of thiophene rings is 1. The molecule has 0 aliphatic carbocycles. The second kappa shape index (κ2) is 8.06. The summed E-state index contributed by atoms with van der Waals surface area (Å²) in [6.45, 7) is 1.86. The Balaban J connectivity index is 2.12. The van der Waals surface area contributed by atoms with Gasteiger partial charge in [0.2, 0.25) is 15.9 Å². The number of sulfonamides is 1. The number of hydrogen-bond donors (Lipinski definition) is 1. The van der Waals surface area contributed by atoms with Crippen LogP contribution in [0.4, 0.5) is 0 Å². The fourth-order valence-electron chi connectivity index (χ4n) is 2.10. The van der Waals surface area contributed by atoms with Crippen LogP contribution in [0.25, 0.3) is 0 Å². The summed E-state index contributed by atoms with van der Waals surface area (Å²) in [5, 5.41) is 13.7. The summed E-state index contributed by atoms with van der Waals surface area (Å²) in [5.41, 5.74) is 0.0648. The number of benzene rings is 1. The van der Waals surface area contributed by atoms with Crippen molar-refractivity contribution in [1.29, 1.82) is 5.26 Å². The van der Waals surface area contributed by atoms with E-state index in [0.717, 1.165) is 9.18 Å². The highest BCUT2D eigenvalue weighted by Gasteiger charge is 2.27. The van der Waals surface area contributed by atoms with Crippen LogP contribution in [-0.4, -0.2) is 31.7 Å². The lowest BCUT2D eigenvalue weighted by molar-refractivity contribution is -0.121. The molecule has 1 aromatic carbocycles. The van der Waals surface area contributed by atoms with E-state index in [9.17, 15) is 13.2 Å². The molecular weight excluding hydrogens is 346 g/mol. The standard InChI is InChI=1S/C16H17N3O3S2/c1-2-19(12-16(20)18-11-14-7-5-9-23-14)24(21,22)15-8-4-3-6-13(15)10-17/h3-9H,2,11-12H2,1H3,(H,18,20). The molecule has 0 saturated carbocycles. The Morgan fingerprint density at radius 1 is 1.29 bits per heavy atom. The van der Waals surface area contributed by atoms with Crippen molar-refractivity contribution < 1.29 is 13.2 Å². The van der Waals surface area contributed by atoms with Crippen molar-refractivity contribution in [2.75, 3.05) is 13.1 Å². The Morgan fingerprint density at radius 3 is 2.67 bits per heavy atom. The molecule has 0 aliphatic rings. The summed E-state index contributed by atoms with van der Waals surface area (Å²) in [7, 11) is -3.91. The molecule has 0 spiro atoms.